The van der Waals surface area contributed by atoms with Gasteiger partial charge in [-0.3, -0.25) is 0 Å². The highest BCUT2D eigenvalue weighted by atomic mass is 32.2. The average Bonchev–Trinajstić information content (AvgIpc) is 3.18. The van der Waals surface area contributed by atoms with Crippen LogP contribution in [0.2, 0.25) is 0 Å². The molecule has 0 aromatic carbocycles. The van der Waals surface area contributed by atoms with Gasteiger partial charge in [-0.05, 0) is 12.1 Å². The topological polar surface area (TPSA) is 88.5 Å². The molecule has 1 saturated heterocycles. The Morgan fingerprint density at radius 2 is 1.96 bits per heavy atom. The fourth-order valence-corrected chi connectivity index (χ4v) is 5.01. The second-order valence-electron chi connectivity index (χ2n) is 6.21. The maximum atomic E-state index is 12.0. The number of sulfonamides is 1. The number of rotatable bonds is 5. The number of hydrogen-bond acceptors (Lipinski definition) is 8. The minimum absolute atomic E-state index is 0.402. The van der Waals surface area contributed by atoms with Crippen molar-refractivity contribution in [3.63, 3.8) is 0 Å². The van der Waals surface area contributed by atoms with Crippen LogP contribution >= 0.6 is 11.3 Å². The zero-order valence-corrected chi connectivity index (χ0v) is 16.9. The first-order valence-electron chi connectivity index (χ1n) is 8.64. The van der Waals surface area contributed by atoms with E-state index in [1.54, 1.807) is 31.0 Å². The normalized spacial score (nSPS) is 15.7. The molecular formula is C18H19N5O3S2. The minimum atomic E-state index is -3.38. The quantitative estimate of drug-likeness (QED) is 0.630. The van der Waals surface area contributed by atoms with Gasteiger partial charge in [-0.2, -0.15) is 4.31 Å². The van der Waals surface area contributed by atoms with E-state index in [1.165, 1.54) is 4.31 Å². The Labute approximate surface area is 167 Å². The number of fused-ring (bicyclic) bond motifs is 1. The summed E-state index contributed by atoms with van der Waals surface area (Å²) in [5.74, 6) is 1.39. The van der Waals surface area contributed by atoms with E-state index in [4.69, 9.17) is 4.74 Å². The van der Waals surface area contributed by atoms with Crippen molar-refractivity contribution in [2.45, 2.75) is 0 Å². The van der Waals surface area contributed by atoms with Gasteiger partial charge in [-0.25, -0.2) is 23.4 Å². The number of pyridine rings is 1. The van der Waals surface area contributed by atoms with Crippen LogP contribution in [-0.2, 0) is 10.0 Å². The fraction of sp³-hybridized carbons (Fsp3) is 0.278. The summed E-state index contributed by atoms with van der Waals surface area (Å²) in [4.78, 5) is 17.2. The standard InChI is InChI=1S/C18H19N5O3S2/c1-3-28(24,25)23-8-6-22(7-9-23)17-14-10-15(27-18(14)21-12-20-17)13-4-5-16(26-2)19-11-13/h3-5,10-12H,1,6-9H2,2H3. The molecule has 1 aliphatic rings. The first-order chi connectivity index (χ1) is 13.5. The molecule has 0 atom stereocenters. The van der Waals surface area contributed by atoms with Gasteiger partial charge in [0.25, 0.3) is 0 Å². The molecular weight excluding hydrogens is 398 g/mol. The fourth-order valence-electron chi connectivity index (χ4n) is 3.14. The van der Waals surface area contributed by atoms with Crippen LogP contribution in [0.5, 0.6) is 5.88 Å². The molecule has 0 amide bonds. The minimum Gasteiger partial charge on any atom is -0.481 e. The molecule has 146 valence electrons. The van der Waals surface area contributed by atoms with Gasteiger partial charge in [0.05, 0.1) is 12.5 Å². The van der Waals surface area contributed by atoms with Crippen LogP contribution in [0.15, 0.2) is 42.7 Å². The lowest BCUT2D eigenvalue weighted by atomic mass is 10.2. The maximum Gasteiger partial charge on any atom is 0.235 e. The van der Waals surface area contributed by atoms with Crippen LogP contribution in [0.1, 0.15) is 0 Å². The smallest absolute Gasteiger partial charge is 0.235 e. The molecule has 3 aromatic heterocycles. The van der Waals surface area contributed by atoms with Gasteiger partial charge in [0.2, 0.25) is 15.9 Å². The average molecular weight is 418 g/mol. The van der Waals surface area contributed by atoms with Gasteiger partial charge < -0.3 is 9.64 Å². The third kappa shape index (κ3) is 3.46. The molecule has 0 radical (unpaired) electrons. The molecule has 3 aromatic rings. The second kappa shape index (κ2) is 7.46. The molecule has 0 unspecified atom stereocenters. The predicted octanol–water partition coefficient (Wildman–Crippen LogP) is 2.36. The van der Waals surface area contributed by atoms with Gasteiger partial charge >= 0.3 is 0 Å². The summed E-state index contributed by atoms with van der Waals surface area (Å²) in [5, 5.41) is 1.96. The van der Waals surface area contributed by atoms with Crippen molar-refractivity contribution in [1.82, 2.24) is 19.3 Å². The van der Waals surface area contributed by atoms with E-state index in [-0.39, 0.29) is 0 Å². The number of ether oxygens (including phenoxy) is 1. The maximum absolute atomic E-state index is 12.0. The molecule has 0 saturated carbocycles. The molecule has 4 heterocycles. The van der Waals surface area contributed by atoms with Crippen LogP contribution in [0, 0.1) is 0 Å². The van der Waals surface area contributed by atoms with Crippen LogP contribution in [-0.4, -0.2) is 61.0 Å². The summed E-state index contributed by atoms with van der Waals surface area (Å²) in [5.41, 5.74) is 0.983. The first kappa shape index (κ1) is 18.8. The van der Waals surface area contributed by atoms with Gasteiger partial charge in [-0.1, -0.05) is 6.58 Å². The van der Waals surface area contributed by atoms with E-state index in [9.17, 15) is 8.42 Å². The zero-order chi connectivity index (χ0) is 19.7. The van der Waals surface area contributed by atoms with Crippen molar-refractivity contribution >= 4 is 37.4 Å². The summed E-state index contributed by atoms with van der Waals surface area (Å²) in [7, 11) is -1.80. The number of nitrogens with zero attached hydrogens (tertiary/aromatic N) is 5. The molecule has 1 fully saturated rings. The van der Waals surface area contributed by atoms with Crippen molar-refractivity contribution in [2.75, 3.05) is 38.2 Å². The summed E-state index contributed by atoms with van der Waals surface area (Å²) in [6.45, 7) is 5.32. The highest BCUT2D eigenvalue weighted by molar-refractivity contribution is 7.92. The largest absolute Gasteiger partial charge is 0.481 e. The van der Waals surface area contributed by atoms with Crippen LogP contribution < -0.4 is 9.64 Å². The summed E-state index contributed by atoms with van der Waals surface area (Å²) >= 11 is 1.57. The number of methoxy groups -OCH3 is 1. The van der Waals surface area contributed by atoms with Crippen LogP contribution in [0.25, 0.3) is 20.7 Å². The van der Waals surface area contributed by atoms with E-state index in [2.05, 4.69) is 32.5 Å². The van der Waals surface area contributed by atoms with E-state index < -0.39 is 10.0 Å². The Hall–Kier alpha value is -2.56. The van der Waals surface area contributed by atoms with Gasteiger partial charge in [-0.15, -0.1) is 11.3 Å². The number of aromatic nitrogens is 3. The summed E-state index contributed by atoms with van der Waals surface area (Å²) in [6.07, 6.45) is 3.33. The van der Waals surface area contributed by atoms with Crippen LogP contribution in [0.3, 0.4) is 0 Å². The molecule has 28 heavy (non-hydrogen) atoms. The van der Waals surface area contributed by atoms with Crippen molar-refractivity contribution in [3.8, 4) is 16.3 Å². The van der Waals surface area contributed by atoms with Gasteiger partial charge in [0.1, 0.15) is 17.0 Å². The number of thiophene rings is 1. The van der Waals surface area contributed by atoms with Crippen molar-refractivity contribution < 1.29 is 13.2 Å². The molecule has 1 aliphatic heterocycles. The van der Waals surface area contributed by atoms with E-state index in [1.807, 2.05) is 12.1 Å². The molecule has 8 nitrogen and oxygen atoms in total. The van der Waals surface area contributed by atoms with Crippen molar-refractivity contribution in [2.24, 2.45) is 0 Å². The Morgan fingerprint density at radius 3 is 2.61 bits per heavy atom. The highest BCUT2D eigenvalue weighted by Gasteiger charge is 2.26. The third-order valence-electron chi connectivity index (χ3n) is 4.65. The predicted molar refractivity (Wildman–Crippen MR) is 110 cm³/mol. The number of hydrogen-bond donors (Lipinski definition) is 0. The van der Waals surface area contributed by atoms with Gasteiger partial charge in [0, 0.05) is 54.3 Å². The Morgan fingerprint density at radius 1 is 1.18 bits per heavy atom. The third-order valence-corrected chi connectivity index (χ3v) is 7.25. The number of anilines is 1. The van der Waals surface area contributed by atoms with E-state index in [0.717, 1.165) is 31.9 Å². The monoisotopic (exact) mass is 417 g/mol. The lowest BCUT2D eigenvalue weighted by Crippen LogP contribution is -2.48. The molecule has 0 N–H and O–H groups in total. The second-order valence-corrected chi connectivity index (χ2v) is 9.12. The zero-order valence-electron chi connectivity index (χ0n) is 15.3. The lowest BCUT2D eigenvalue weighted by Gasteiger charge is -2.34. The van der Waals surface area contributed by atoms with E-state index >= 15 is 0 Å². The summed E-state index contributed by atoms with van der Waals surface area (Å²) in [6, 6.07) is 5.85. The number of piperazine rings is 1. The Bertz CT molecular complexity index is 1100. The molecule has 10 heteroatoms. The molecule has 0 bridgehead atoms. The molecule has 0 spiro atoms. The molecule has 0 aliphatic carbocycles. The lowest BCUT2D eigenvalue weighted by molar-refractivity contribution is 0.389. The SMILES string of the molecule is C=CS(=O)(=O)N1CCN(c2ncnc3sc(-c4ccc(OC)nc4)cc23)CC1. The molecule has 4 rings (SSSR count). The van der Waals surface area contributed by atoms with Gasteiger partial charge in [0.15, 0.2) is 0 Å². The summed E-state index contributed by atoms with van der Waals surface area (Å²) < 4.78 is 30.5. The van der Waals surface area contributed by atoms with E-state index in [0.29, 0.717) is 32.1 Å². The highest BCUT2D eigenvalue weighted by Crippen LogP contribution is 2.36. The van der Waals surface area contributed by atoms with Crippen molar-refractivity contribution in [3.05, 3.63) is 42.7 Å². The Balaban J connectivity index is 1.62. The Kier molecular flexibility index (Phi) is 5.00. The van der Waals surface area contributed by atoms with Crippen molar-refractivity contribution in [1.29, 1.82) is 0 Å². The van der Waals surface area contributed by atoms with Crippen LogP contribution in [0.4, 0.5) is 5.82 Å². The first-order valence-corrected chi connectivity index (χ1v) is 11.0.